The van der Waals surface area contributed by atoms with Gasteiger partial charge in [-0.2, -0.15) is 0 Å². The predicted octanol–water partition coefficient (Wildman–Crippen LogP) is 1.76. The van der Waals surface area contributed by atoms with Crippen molar-refractivity contribution in [3.05, 3.63) is 53.9 Å². The van der Waals surface area contributed by atoms with Crippen LogP contribution in [0.15, 0.2) is 47.6 Å². The molecule has 0 saturated carbocycles. The maximum absolute atomic E-state index is 12.5. The second kappa shape index (κ2) is 8.12. The third-order valence-electron chi connectivity index (χ3n) is 3.54. The van der Waals surface area contributed by atoms with Crippen molar-refractivity contribution in [3.63, 3.8) is 0 Å². The highest BCUT2D eigenvalue weighted by atomic mass is 32.2. The number of benzene rings is 1. The highest BCUT2D eigenvalue weighted by molar-refractivity contribution is 7.90. The fourth-order valence-corrected chi connectivity index (χ4v) is 3.36. The Morgan fingerprint density at radius 2 is 1.79 bits per heavy atom. The number of aryl methyl sites for hydroxylation is 1. The summed E-state index contributed by atoms with van der Waals surface area (Å²) in [6, 6.07) is 8.11. The van der Waals surface area contributed by atoms with Crippen molar-refractivity contribution in [1.82, 2.24) is 14.6 Å². The first kappa shape index (κ1) is 18.2. The lowest BCUT2D eigenvalue weighted by Crippen LogP contribution is -2.31. The van der Waals surface area contributed by atoms with Crippen LogP contribution in [0.2, 0.25) is 0 Å². The van der Waals surface area contributed by atoms with E-state index < -0.39 is 10.0 Å². The van der Waals surface area contributed by atoms with Crippen molar-refractivity contribution < 1.29 is 13.2 Å². The third kappa shape index (κ3) is 4.46. The summed E-state index contributed by atoms with van der Waals surface area (Å²) in [4.78, 5) is 12.2. The van der Waals surface area contributed by atoms with Gasteiger partial charge < -0.3 is 10.6 Å². The van der Waals surface area contributed by atoms with E-state index in [0.717, 1.165) is 22.5 Å². The van der Waals surface area contributed by atoms with Crippen molar-refractivity contribution >= 4 is 15.9 Å². The molecule has 24 heavy (non-hydrogen) atoms. The van der Waals surface area contributed by atoms with Crippen LogP contribution in [-0.2, 0) is 10.0 Å². The quantitative estimate of drug-likeness (QED) is 0.712. The Balaban J connectivity index is 2.04. The van der Waals surface area contributed by atoms with Gasteiger partial charge in [0.15, 0.2) is 0 Å². The average molecular weight is 349 g/mol. The first-order chi connectivity index (χ1) is 11.4. The second-order valence-electron chi connectivity index (χ2n) is 5.55. The largest absolute Gasteiger partial charge is 0.351 e. The van der Waals surface area contributed by atoms with E-state index in [0.29, 0.717) is 18.7 Å². The molecular formula is C17H23N3O3S. The maximum atomic E-state index is 12.5. The molecule has 0 saturated heterocycles. The van der Waals surface area contributed by atoms with Gasteiger partial charge in [0.1, 0.15) is 0 Å². The molecule has 2 aromatic rings. The van der Waals surface area contributed by atoms with Crippen LogP contribution in [0.5, 0.6) is 0 Å². The van der Waals surface area contributed by atoms with Crippen LogP contribution in [0.3, 0.4) is 0 Å². The molecule has 0 fully saturated rings. The van der Waals surface area contributed by atoms with E-state index in [1.165, 1.54) is 18.5 Å². The summed E-state index contributed by atoms with van der Waals surface area (Å²) in [5, 5.41) is 5.94. The molecule has 0 aliphatic heterocycles. The first-order valence-corrected chi connectivity index (χ1v) is 9.38. The van der Waals surface area contributed by atoms with Crippen LogP contribution in [-0.4, -0.2) is 37.9 Å². The summed E-state index contributed by atoms with van der Waals surface area (Å²) >= 11 is 0. The van der Waals surface area contributed by atoms with Crippen LogP contribution in [0.1, 0.15) is 29.3 Å². The van der Waals surface area contributed by atoms with Gasteiger partial charge in [-0.15, -0.1) is 0 Å². The zero-order valence-electron chi connectivity index (χ0n) is 14.0. The number of hydrogen-bond donors (Lipinski definition) is 2. The number of amides is 1. The number of nitrogens with one attached hydrogen (secondary N) is 2. The van der Waals surface area contributed by atoms with Gasteiger partial charge in [-0.05, 0) is 38.1 Å². The topological polar surface area (TPSA) is 80.2 Å². The molecule has 1 aromatic carbocycles. The van der Waals surface area contributed by atoms with Crippen LogP contribution in [0.4, 0.5) is 0 Å². The minimum absolute atomic E-state index is 0.194. The van der Waals surface area contributed by atoms with Crippen LogP contribution >= 0.6 is 0 Å². The van der Waals surface area contributed by atoms with Gasteiger partial charge in [-0.3, -0.25) is 4.79 Å². The Kier molecular flexibility index (Phi) is 6.16. The van der Waals surface area contributed by atoms with E-state index in [-0.39, 0.29) is 10.8 Å². The summed E-state index contributed by atoms with van der Waals surface area (Å²) in [6.07, 6.45) is 3.76. The number of carbonyl (C=O) groups excluding carboxylic acids is 1. The summed E-state index contributed by atoms with van der Waals surface area (Å²) in [5.41, 5.74) is 1.30. The van der Waals surface area contributed by atoms with Crippen LogP contribution in [0, 0.1) is 6.92 Å². The second-order valence-corrected chi connectivity index (χ2v) is 7.40. The molecule has 0 aliphatic rings. The molecule has 0 spiro atoms. The molecule has 0 atom stereocenters. The maximum Gasteiger partial charge on any atom is 0.267 e. The van der Waals surface area contributed by atoms with Gasteiger partial charge in [0.2, 0.25) is 0 Å². The molecule has 1 heterocycles. The zero-order chi connectivity index (χ0) is 17.6. The SMILES string of the molecule is CCCNCCNC(=O)c1ccn(S(=O)(=O)c2ccc(C)cc2)c1. The molecule has 1 aromatic heterocycles. The molecule has 6 nitrogen and oxygen atoms in total. The van der Waals surface area contributed by atoms with Gasteiger partial charge in [0, 0.05) is 25.5 Å². The summed E-state index contributed by atoms with van der Waals surface area (Å²) in [7, 11) is -3.68. The lowest BCUT2D eigenvalue weighted by molar-refractivity contribution is 0.0954. The molecule has 7 heteroatoms. The predicted molar refractivity (Wildman–Crippen MR) is 93.7 cm³/mol. The van der Waals surface area contributed by atoms with E-state index in [1.54, 1.807) is 24.3 Å². The normalized spacial score (nSPS) is 11.4. The Bertz CT molecular complexity index is 780. The highest BCUT2D eigenvalue weighted by Gasteiger charge is 2.18. The molecule has 2 N–H and O–H groups in total. The molecule has 1 amide bonds. The molecule has 0 aliphatic carbocycles. The van der Waals surface area contributed by atoms with E-state index >= 15 is 0 Å². The minimum atomic E-state index is -3.68. The summed E-state index contributed by atoms with van der Waals surface area (Å²) < 4.78 is 26.1. The van der Waals surface area contributed by atoms with E-state index in [1.807, 2.05) is 6.92 Å². The Labute approximate surface area is 142 Å². The molecule has 0 unspecified atom stereocenters. The monoisotopic (exact) mass is 349 g/mol. The average Bonchev–Trinajstić information content (AvgIpc) is 3.06. The van der Waals surface area contributed by atoms with E-state index in [4.69, 9.17) is 0 Å². The molecule has 0 radical (unpaired) electrons. The number of aromatic nitrogens is 1. The standard InChI is InChI=1S/C17H23N3O3S/c1-3-9-18-10-11-19-17(21)15-8-12-20(13-15)24(22,23)16-6-4-14(2)5-7-16/h4-8,12-13,18H,3,9-11H2,1-2H3,(H,19,21). The van der Waals surface area contributed by atoms with Crippen molar-refractivity contribution in [2.75, 3.05) is 19.6 Å². The van der Waals surface area contributed by atoms with Crippen LogP contribution < -0.4 is 10.6 Å². The van der Waals surface area contributed by atoms with Gasteiger partial charge >= 0.3 is 0 Å². The lowest BCUT2D eigenvalue weighted by Gasteiger charge is -2.06. The smallest absolute Gasteiger partial charge is 0.267 e. The van der Waals surface area contributed by atoms with Gasteiger partial charge in [0.05, 0.1) is 10.5 Å². The van der Waals surface area contributed by atoms with Gasteiger partial charge in [-0.25, -0.2) is 12.4 Å². The molecular weight excluding hydrogens is 326 g/mol. The number of hydrogen-bond acceptors (Lipinski definition) is 4. The van der Waals surface area contributed by atoms with Crippen molar-refractivity contribution in [3.8, 4) is 0 Å². The zero-order valence-corrected chi connectivity index (χ0v) is 14.8. The number of carbonyl (C=O) groups is 1. The Morgan fingerprint density at radius 3 is 2.46 bits per heavy atom. The van der Waals surface area contributed by atoms with E-state index in [2.05, 4.69) is 17.6 Å². The first-order valence-electron chi connectivity index (χ1n) is 7.94. The van der Waals surface area contributed by atoms with Gasteiger partial charge in [-0.1, -0.05) is 24.6 Å². The molecule has 2 rings (SSSR count). The van der Waals surface area contributed by atoms with Gasteiger partial charge in [0.25, 0.3) is 15.9 Å². The third-order valence-corrected chi connectivity index (χ3v) is 5.19. The van der Waals surface area contributed by atoms with Crippen LogP contribution in [0.25, 0.3) is 0 Å². The fraction of sp³-hybridized carbons (Fsp3) is 0.353. The Hall–Kier alpha value is -2.12. The van der Waals surface area contributed by atoms with Crippen molar-refractivity contribution in [1.29, 1.82) is 0 Å². The van der Waals surface area contributed by atoms with E-state index in [9.17, 15) is 13.2 Å². The number of nitrogens with zero attached hydrogens (tertiary/aromatic N) is 1. The lowest BCUT2D eigenvalue weighted by atomic mass is 10.2. The minimum Gasteiger partial charge on any atom is -0.351 e. The van der Waals surface area contributed by atoms with Crippen molar-refractivity contribution in [2.24, 2.45) is 0 Å². The molecule has 0 bridgehead atoms. The molecule has 130 valence electrons. The highest BCUT2D eigenvalue weighted by Crippen LogP contribution is 2.15. The van der Waals surface area contributed by atoms with Crippen molar-refractivity contribution in [2.45, 2.75) is 25.2 Å². The summed E-state index contributed by atoms with van der Waals surface area (Å²) in [6.45, 7) is 6.05. The Morgan fingerprint density at radius 1 is 1.08 bits per heavy atom. The fourth-order valence-electron chi connectivity index (χ4n) is 2.16. The number of rotatable bonds is 8. The summed E-state index contributed by atoms with van der Waals surface area (Å²) in [5.74, 6) is -0.286.